The second kappa shape index (κ2) is 7.35. The first kappa shape index (κ1) is 17.1. The molecule has 2 aliphatic rings. The summed E-state index contributed by atoms with van der Waals surface area (Å²) in [6.07, 6.45) is 3.81. The van der Waals surface area contributed by atoms with E-state index in [1.54, 1.807) is 11.8 Å². The van der Waals surface area contributed by atoms with Crippen LogP contribution in [0, 0.1) is 5.41 Å². The van der Waals surface area contributed by atoms with E-state index in [1.807, 2.05) is 4.90 Å². The summed E-state index contributed by atoms with van der Waals surface area (Å²) in [6, 6.07) is 0. The summed E-state index contributed by atoms with van der Waals surface area (Å²) in [6.45, 7) is 4.09. The molecule has 124 valence electrons. The number of nitrogens with zero attached hydrogens (tertiary/aromatic N) is 2. The maximum absolute atomic E-state index is 12.1. The Morgan fingerprint density at radius 3 is 2.14 bits per heavy atom. The van der Waals surface area contributed by atoms with Gasteiger partial charge in [0.05, 0.1) is 16.9 Å². The van der Waals surface area contributed by atoms with Gasteiger partial charge in [0, 0.05) is 26.2 Å². The Morgan fingerprint density at radius 2 is 1.59 bits per heavy atom. The zero-order valence-corrected chi connectivity index (χ0v) is 13.9. The molecular weight excluding hydrogens is 304 g/mol. The van der Waals surface area contributed by atoms with Crippen LogP contribution in [0.3, 0.4) is 0 Å². The number of amides is 2. The molecule has 2 aliphatic heterocycles. The zero-order valence-electron chi connectivity index (χ0n) is 13.0. The van der Waals surface area contributed by atoms with Gasteiger partial charge in [-0.1, -0.05) is 0 Å². The van der Waals surface area contributed by atoms with Crippen molar-refractivity contribution in [1.29, 1.82) is 0 Å². The molecule has 0 aliphatic carbocycles. The van der Waals surface area contributed by atoms with E-state index in [4.69, 9.17) is 0 Å². The fourth-order valence-corrected chi connectivity index (χ4v) is 3.72. The van der Waals surface area contributed by atoms with E-state index < -0.39 is 11.4 Å². The van der Waals surface area contributed by atoms with Gasteiger partial charge in [0.2, 0.25) is 11.8 Å². The second-order valence-corrected chi connectivity index (χ2v) is 7.35. The Hall–Kier alpha value is -1.24. The van der Waals surface area contributed by atoms with Crippen molar-refractivity contribution in [3.8, 4) is 0 Å². The molecule has 6 nitrogen and oxygen atoms in total. The van der Waals surface area contributed by atoms with Gasteiger partial charge >= 0.3 is 5.97 Å². The maximum atomic E-state index is 12.1. The predicted octanol–water partition coefficient (Wildman–Crippen LogP) is 1.06. The molecule has 22 heavy (non-hydrogen) atoms. The van der Waals surface area contributed by atoms with E-state index in [-0.39, 0.29) is 24.1 Å². The van der Waals surface area contributed by atoms with Gasteiger partial charge in [-0.15, -0.1) is 11.8 Å². The number of hydrogen-bond acceptors (Lipinski definition) is 4. The number of thioether (sulfide) groups is 1. The van der Waals surface area contributed by atoms with E-state index in [0.29, 0.717) is 18.7 Å². The lowest BCUT2D eigenvalue weighted by atomic mass is 9.90. The fraction of sp³-hybridized carbons (Fsp3) is 0.800. The van der Waals surface area contributed by atoms with Crippen LogP contribution in [0.25, 0.3) is 0 Å². The molecule has 2 heterocycles. The summed E-state index contributed by atoms with van der Waals surface area (Å²) in [5.74, 6) is -0.239. The molecule has 1 atom stereocenters. The number of aliphatic carboxylic acids is 1. The number of carboxylic acid groups (broad SMARTS) is 1. The Labute approximate surface area is 135 Å². The first-order valence-corrected chi connectivity index (χ1v) is 8.94. The van der Waals surface area contributed by atoms with Gasteiger partial charge in [-0.05, 0) is 32.6 Å². The monoisotopic (exact) mass is 328 g/mol. The number of piperidine rings is 1. The molecule has 0 radical (unpaired) electrons. The van der Waals surface area contributed by atoms with Gasteiger partial charge in [0.25, 0.3) is 0 Å². The fourth-order valence-electron chi connectivity index (χ4n) is 2.90. The zero-order chi connectivity index (χ0) is 16.2. The van der Waals surface area contributed by atoms with Crippen molar-refractivity contribution >= 4 is 29.5 Å². The SMILES string of the molecule is CC1(C(=O)O)CCN(C(=O)CSCC(=O)N2CCCCC2)C1. The largest absolute Gasteiger partial charge is 0.481 e. The second-order valence-electron chi connectivity index (χ2n) is 6.37. The van der Waals surface area contributed by atoms with Gasteiger partial charge in [-0.3, -0.25) is 14.4 Å². The van der Waals surface area contributed by atoms with Crippen molar-refractivity contribution < 1.29 is 19.5 Å². The third kappa shape index (κ3) is 4.15. The minimum Gasteiger partial charge on any atom is -0.481 e. The summed E-state index contributed by atoms with van der Waals surface area (Å²) in [5, 5.41) is 9.17. The Balaban J connectivity index is 1.70. The van der Waals surface area contributed by atoms with Crippen LogP contribution in [0.4, 0.5) is 0 Å². The summed E-state index contributed by atoms with van der Waals surface area (Å²) >= 11 is 1.33. The standard InChI is InChI=1S/C15H24N2O4S/c1-15(14(20)21)5-8-17(11-15)13(19)10-22-9-12(18)16-6-3-2-4-7-16/h2-11H2,1H3,(H,20,21). The van der Waals surface area contributed by atoms with E-state index in [2.05, 4.69) is 0 Å². The highest BCUT2D eigenvalue weighted by Gasteiger charge is 2.41. The average Bonchev–Trinajstić information content (AvgIpc) is 2.92. The van der Waals surface area contributed by atoms with Gasteiger partial charge < -0.3 is 14.9 Å². The molecule has 2 fully saturated rings. The lowest BCUT2D eigenvalue weighted by molar-refractivity contribution is -0.147. The normalized spacial score (nSPS) is 25.3. The topological polar surface area (TPSA) is 77.9 Å². The molecule has 1 N–H and O–H groups in total. The van der Waals surface area contributed by atoms with Crippen LogP contribution in [0.15, 0.2) is 0 Å². The molecule has 0 saturated carbocycles. The minimum absolute atomic E-state index is 0.0681. The van der Waals surface area contributed by atoms with Crippen LogP contribution in [-0.4, -0.2) is 70.4 Å². The van der Waals surface area contributed by atoms with Crippen molar-refractivity contribution in [3.63, 3.8) is 0 Å². The van der Waals surface area contributed by atoms with Crippen molar-refractivity contribution in [2.45, 2.75) is 32.6 Å². The predicted molar refractivity (Wildman–Crippen MR) is 84.7 cm³/mol. The summed E-state index contributed by atoms with van der Waals surface area (Å²) < 4.78 is 0. The first-order valence-electron chi connectivity index (χ1n) is 7.79. The first-order chi connectivity index (χ1) is 10.4. The van der Waals surface area contributed by atoms with E-state index in [1.165, 1.54) is 18.2 Å². The molecule has 2 rings (SSSR count). The molecule has 2 saturated heterocycles. The van der Waals surface area contributed by atoms with Crippen LogP contribution in [0.5, 0.6) is 0 Å². The van der Waals surface area contributed by atoms with Gasteiger partial charge in [0.15, 0.2) is 0 Å². The highest BCUT2D eigenvalue weighted by Crippen LogP contribution is 2.30. The molecule has 0 bridgehead atoms. The minimum atomic E-state index is -0.851. The molecule has 0 aromatic heterocycles. The van der Waals surface area contributed by atoms with Crippen LogP contribution < -0.4 is 0 Å². The Kier molecular flexibility index (Phi) is 5.72. The van der Waals surface area contributed by atoms with Crippen LogP contribution in [0.1, 0.15) is 32.6 Å². The highest BCUT2D eigenvalue weighted by molar-refractivity contribution is 8.00. The van der Waals surface area contributed by atoms with Gasteiger partial charge in [0.1, 0.15) is 0 Å². The molecular formula is C15H24N2O4S. The number of likely N-dealkylation sites (tertiary alicyclic amines) is 2. The molecule has 7 heteroatoms. The third-order valence-corrected chi connectivity index (χ3v) is 5.40. The van der Waals surface area contributed by atoms with Crippen LogP contribution >= 0.6 is 11.8 Å². The molecule has 2 amide bonds. The quantitative estimate of drug-likeness (QED) is 0.816. The molecule has 0 aromatic rings. The summed E-state index contributed by atoms with van der Waals surface area (Å²) in [7, 11) is 0. The third-order valence-electron chi connectivity index (χ3n) is 4.50. The smallest absolute Gasteiger partial charge is 0.311 e. The van der Waals surface area contributed by atoms with Crippen molar-refractivity contribution in [2.75, 3.05) is 37.7 Å². The lowest BCUT2D eigenvalue weighted by Gasteiger charge is -2.26. The summed E-state index contributed by atoms with van der Waals surface area (Å²) in [4.78, 5) is 38.8. The number of rotatable bonds is 5. The molecule has 0 aromatic carbocycles. The maximum Gasteiger partial charge on any atom is 0.311 e. The lowest BCUT2D eigenvalue weighted by Crippen LogP contribution is -2.38. The van der Waals surface area contributed by atoms with Crippen molar-refractivity contribution in [2.24, 2.45) is 5.41 Å². The molecule has 0 spiro atoms. The van der Waals surface area contributed by atoms with E-state index in [0.717, 1.165) is 25.9 Å². The van der Waals surface area contributed by atoms with Crippen LogP contribution in [0.2, 0.25) is 0 Å². The van der Waals surface area contributed by atoms with Crippen LogP contribution in [-0.2, 0) is 14.4 Å². The Morgan fingerprint density at radius 1 is 1.00 bits per heavy atom. The van der Waals surface area contributed by atoms with Crippen molar-refractivity contribution in [1.82, 2.24) is 9.80 Å². The van der Waals surface area contributed by atoms with E-state index >= 15 is 0 Å². The number of carboxylic acids is 1. The molecule has 1 unspecified atom stereocenters. The number of carbonyl (C=O) groups excluding carboxylic acids is 2. The van der Waals surface area contributed by atoms with Crippen molar-refractivity contribution in [3.05, 3.63) is 0 Å². The summed E-state index contributed by atoms with van der Waals surface area (Å²) in [5.41, 5.74) is -0.829. The number of hydrogen-bond donors (Lipinski definition) is 1. The van der Waals surface area contributed by atoms with Gasteiger partial charge in [-0.2, -0.15) is 0 Å². The average molecular weight is 328 g/mol. The Bertz CT molecular complexity index is 451. The number of carbonyl (C=O) groups is 3. The highest BCUT2D eigenvalue weighted by atomic mass is 32.2. The van der Waals surface area contributed by atoms with E-state index in [9.17, 15) is 19.5 Å². The van der Waals surface area contributed by atoms with Gasteiger partial charge in [-0.25, -0.2) is 0 Å².